The third kappa shape index (κ3) is 8.27. The average Bonchev–Trinajstić information content (AvgIpc) is 2.70. The van der Waals surface area contributed by atoms with Crippen LogP contribution >= 0.6 is 11.8 Å². The van der Waals surface area contributed by atoms with Gasteiger partial charge in [-0.25, -0.2) is 0 Å². The molecule has 0 spiro atoms. The predicted molar refractivity (Wildman–Crippen MR) is 131 cm³/mol. The van der Waals surface area contributed by atoms with Gasteiger partial charge in [-0.3, -0.25) is 0 Å². The van der Waals surface area contributed by atoms with Crippen molar-refractivity contribution < 1.29 is 30.3 Å². The first-order chi connectivity index (χ1) is 15.5. The van der Waals surface area contributed by atoms with Crippen LogP contribution in [0.5, 0.6) is 17.2 Å². The Hall–Kier alpha value is -2.76. The van der Waals surface area contributed by atoms with E-state index in [-0.39, 0.29) is 17.2 Å². The second-order valence-electron chi connectivity index (χ2n) is 7.05. The van der Waals surface area contributed by atoms with E-state index >= 15 is 0 Å². The van der Waals surface area contributed by atoms with Crippen molar-refractivity contribution in [3.05, 3.63) is 83.8 Å². The quantitative estimate of drug-likeness (QED) is 0.348. The molecule has 1 aromatic heterocycles. The molecule has 0 saturated heterocycles. The summed E-state index contributed by atoms with van der Waals surface area (Å²) in [7, 11) is -7.40. The van der Waals surface area contributed by atoms with E-state index in [4.69, 9.17) is 8.37 Å². The summed E-state index contributed by atoms with van der Waals surface area (Å²) in [6, 6.07) is 16.6. The molecule has 0 radical (unpaired) electrons. The SMILES string of the molecule is CS(=O)(=O)Oc1cccc(C(=CCSc2bcc(O)cc2)c2cccc(OS(C)(=O)=O)c2)c1. The van der Waals surface area contributed by atoms with Crippen LogP contribution in [0.3, 0.4) is 0 Å². The van der Waals surface area contributed by atoms with Gasteiger partial charge in [0, 0.05) is 0 Å². The standard InChI is InChI=1S/C22H21BO7S3/c1-32(25,26)29-19-7-3-5-16(13-19)21(11-12-31-22-10-9-18(24)15-23-22)17-6-4-8-20(14-17)30-33(2,27)28/h3-11,13-15,24H,12H2,1-2H3. The number of hydrogen-bond acceptors (Lipinski definition) is 8. The molecular formula is C22H21BO7S3. The van der Waals surface area contributed by atoms with Crippen LogP contribution in [0.4, 0.5) is 0 Å². The molecule has 0 bridgehead atoms. The second kappa shape index (κ2) is 10.5. The molecule has 3 aromatic rings. The zero-order chi connectivity index (χ0) is 24.1. The Kier molecular flexibility index (Phi) is 7.88. The molecule has 0 atom stereocenters. The molecule has 1 heterocycles. The van der Waals surface area contributed by atoms with E-state index in [0.717, 1.165) is 22.9 Å². The van der Waals surface area contributed by atoms with Crippen molar-refractivity contribution in [1.82, 2.24) is 0 Å². The summed E-state index contributed by atoms with van der Waals surface area (Å²) < 4.78 is 56.2. The van der Waals surface area contributed by atoms with E-state index in [1.165, 1.54) is 23.9 Å². The molecule has 7 nitrogen and oxygen atoms in total. The Morgan fingerprint density at radius 1 is 0.909 bits per heavy atom. The maximum atomic E-state index is 11.6. The summed E-state index contributed by atoms with van der Waals surface area (Å²) in [5.74, 6) is 2.66. The molecule has 0 aliphatic carbocycles. The van der Waals surface area contributed by atoms with Gasteiger partial charge in [0.15, 0.2) is 0 Å². The number of aromatic hydroxyl groups is 1. The molecule has 33 heavy (non-hydrogen) atoms. The summed E-state index contributed by atoms with van der Waals surface area (Å²) >= 11 is 1.53. The van der Waals surface area contributed by atoms with Gasteiger partial charge in [0.1, 0.15) is 0 Å². The zero-order valence-electron chi connectivity index (χ0n) is 17.8. The molecule has 0 saturated carbocycles. The number of rotatable bonds is 9. The molecule has 1 N–H and O–H groups in total. The Labute approximate surface area is 198 Å². The van der Waals surface area contributed by atoms with E-state index in [1.54, 1.807) is 61.4 Å². The van der Waals surface area contributed by atoms with Crippen molar-refractivity contribution in [1.29, 1.82) is 0 Å². The second-order valence-corrected chi connectivity index (χ2v) is 11.3. The minimum atomic E-state index is -3.70. The molecule has 0 fully saturated rings. The minimum absolute atomic E-state index is 0.163. The van der Waals surface area contributed by atoms with E-state index in [0.29, 0.717) is 16.9 Å². The van der Waals surface area contributed by atoms with Gasteiger partial charge in [-0.1, -0.05) is 0 Å². The number of thioether (sulfide) groups is 1. The van der Waals surface area contributed by atoms with Crippen LogP contribution in [0.2, 0.25) is 0 Å². The summed E-state index contributed by atoms with van der Waals surface area (Å²) in [4.78, 5) is 0.951. The molecule has 11 heteroatoms. The normalized spacial score (nSPS) is 11.5. The van der Waals surface area contributed by atoms with Crippen molar-refractivity contribution >= 4 is 44.5 Å². The first kappa shape index (κ1) is 24.9. The predicted octanol–water partition coefficient (Wildman–Crippen LogP) is 3.63. The van der Waals surface area contributed by atoms with Gasteiger partial charge in [-0.15, -0.1) is 0 Å². The molecule has 0 aliphatic rings. The Morgan fingerprint density at radius 2 is 1.45 bits per heavy atom. The number of benzene rings is 2. The fourth-order valence-electron chi connectivity index (χ4n) is 2.95. The summed E-state index contributed by atoms with van der Waals surface area (Å²) in [6.45, 7) is 1.80. The van der Waals surface area contributed by atoms with Crippen LogP contribution in [0.15, 0.2) is 77.5 Å². The van der Waals surface area contributed by atoms with Gasteiger partial charge < -0.3 is 0 Å². The fraction of sp³-hybridized carbons (Fsp3) is 0.136. The monoisotopic (exact) mass is 504 g/mol. The molecule has 0 unspecified atom stereocenters. The van der Waals surface area contributed by atoms with Crippen LogP contribution in [0, 0.1) is 0 Å². The van der Waals surface area contributed by atoms with Crippen molar-refractivity contribution in [3.8, 4) is 17.2 Å². The van der Waals surface area contributed by atoms with E-state index in [9.17, 15) is 21.9 Å². The maximum absolute atomic E-state index is 11.6. The van der Waals surface area contributed by atoms with Crippen molar-refractivity contribution in [2.45, 2.75) is 4.79 Å². The first-order valence-electron chi connectivity index (χ1n) is 9.60. The van der Waals surface area contributed by atoms with Gasteiger partial charge in [-0.05, 0) is 0 Å². The Bertz CT molecular complexity index is 1290. The van der Waals surface area contributed by atoms with E-state index in [2.05, 4.69) is 0 Å². The zero-order valence-corrected chi connectivity index (χ0v) is 20.3. The van der Waals surface area contributed by atoms with Crippen LogP contribution < -0.4 is 8.37 Å². The average molecular weight is 504 g/mol. The molecular weight excluding hydrogens is 483 g/mol. The Balaban J connectivity index is 1.98. The van der Waals surface area contributed by atoms with Crippen LogP contribution in [0.25, 0.3) is 5.57 Å². The molecule has 172 valence electrons. The summed E-state index contributed by atoms with van der Waals surface area (Å²) in [6.07, 6.45) is 3.88. The third-order valence-electron chi connectivity index (χ3n) is 4.16. The third-order valence-corrected chi connectivity index (χ3v) is 6.09. The van der Waals surface area contributed by atoms with Crippen LogP contribution in [0.1, 0.15) is 11.1 Å². The van der Waals surface area contributed by atoms with Crippen LogP contribution in [-0.4, -0.2) is 47.1 Å². The summed E-state index contributed by atoms with van der Waals surface area (Å²) in [5, 5.41) is 9.45. The van der Waals surface area contributed by atoms with Crippen molar-refractivity contribution in [2.24, 2.45) is 0 Å². The van der Waals surface area contributed by atoms with E-state index < -0.39 is 20.2 Å². The van der Waals surface area contributed by atoms with Crippen molar-refractivity contribution in [2.75, 3.05) is 18.3 Å². The fourth-order valence-corrected chi connectivity index (χ4v) is 4.62. The van der Waals surface area contributed by atoms with Gasteiger partial charge in [0.2, 0.25) is 0 Å². The van der Waals surface area contributed by atoms with Crippen molar-refractivity contribution in [3.63, 3.8) is 0 Å². The van der Waals surface area contributed by atoms with Gasteiger partial charge in [0.05, 0.1) is 0 Å². The molecule has 3 rings (SSSR count). The first-order valence-corrected chi connectivity index (χ1v) is 14.2. The van der Waals surface area contributed by atoms with Gasteiger partial charge in [0.25, 0.3) is 0 Å². The topological polar surface area (TPSA) is 107 Å². The van der Waals surface area contributed by atoms with E-state index in [1.807, 2.05) is 6.08 Å². The molecule has 0 amide bonds. The molecule has 0 aliphatic heterocycles. The van der Waals surface area contributed by atoms with Gasteiger partial charge in [-0.2, -0.15) is 0 Å². The summed E-state index contributed by atoms with van der Waals surface area (Å²) in [5.41, 5.74) is 2.09. The van der Waals surface area contributed by atoms with Gasteiger partial charge >= 0.3 is 199 Å². The Morgan fingerprint density at radius 3 is 1.91 bits per heavy atom. The number of hydrogen-bond donors (Lipinski definition) is 1. The molecule has 2 aromatic carbocycles. The van der Waals surface area contributed by atoms with Crippen LogP contribution in [-0.2, 0) is 20.2 Å².